The van der Waals surface area contributed by atoms with Gasteiger partial charge in [0.15, 0.2) is 0 Å². The van der Waals surface area contributed by atoms with Crippen LogP contribution in [-0.2, 0) is 0 Å². The topological polar surface area (TPSA) is 12.0 Å². The largest absolute Gasteiger partial charge is 0.309 e. The Morgan fingerprint density at radius 2 is 1.74 bits per heavy atom. The van der Waals surface area contributed by atoms with Gasteiger partial charge in [0.25, 0.3) is 0 Å². The SMILES string of the molecule is CNC(c1cc(Cl)cc(Br)c1)c1cc(Cl)ccc1Cl. The van der Waals surface area contributed by atoms with Crippen molar-refractivity contribution in [2.75, 3.05) is 7.05 Å². The molecule has 0 bridgehead atoms. The van der Waals surface area contributed by atoms with Crippen LogP contribution in [0.3, 0.4) is 0 Å². The van der Waals surface area contributed by atoms with Crippen LogP contribution in [0.5, 0.6) is 0 Å². The first-order chi connectivity index (χ1) is 9.01. The summed E-state index contributed by atoms with van der Waals surface area (Å²) in [5.41, 5.74) is 1.94. The summed E-state index contributed by atoms with van der Waals surface area (Å²) >= 11 is 21.8. The molecule has 0 heterocycles. The van der Waals surface area contributed by atoms with Crippen molar-refractivity contribution >= 4 is 50.7 Å². The number of halogens is 4. The van der Waals surface area contributed by atoms with Crippen LogP contribution in [-0.4, -0.2) is 7.05 Å². The van der Waals surface area contributed by atoms with Crippen molar-refractivity contribution in [3.8, 4) is 0 Å². The molecule has 5 heteroatoms. The molecule has 0 aliphatic rings. The maximum atomic E-state index is 6.26. The molecule has 19 heavy (non-hydrogen) atoms. The van der Waals surface area contributed by atoms with Gasteiger partial charge in [-0.1, -0.05) is 50.7 Å². The number of rotatable bonds is 3. The molecule has 0 fully saturated rings. The lowest BCUT2D eigenvalue weighted by Gasteiger charge is -2.19. The molecule has 0 aliphatic heterocycles. The molecule has 0 radical (unpaired) electrons. The molecule has 2 aromatic rings. The van der Waals surface area contributed by atoms with E-state index < -0.39 is 0 Å². The first kappa shape index (κ1) is 15.1. The lowest BCUT2D eigenvalue weighted by molar-refractivity contribution is 0.692. The third kappa shape index (κ3) is 3.65. The molecule has 0 aromatic heterocycles. The molecule has 1 nitrogen and oxygen atoms in total. The van der Waals surface area contributed by atoms with Gasteiger partial charge >= 0.3 is 0 Å². The van der Waals surface area contributed by atoms with E-state index in [1.807, 2.05) is 31.3 Å². The molecule has 2 rings (SSSR count). The van der Waals surface area contributed by atoms with Crippen molar-refractivity contribution in [3.05, 3.63) is 67.1 Å². The molecule has 2 aromatic carbocycles. The first-order valence-electron chi connectivity index (χ1n) is 5.59. The zero-order valence-corrected chi connectivity index (χ0v) is 13.9. The molecule has 0 saturated carbocycles. The minimum absolute atomic E-state index is 0.0683. The summed E-state index contributed by atoms with van der Waals surface area (Å²) in [6, 6.07) is 11.1. The van der Waals surface area contributed by atoms with Gasteiger partial charge in [-0.05, 0) is 54.6 Å². The highest BCUT2D eigenvalue weighted by Crippen LogP contribution is 2.33. The molecule has 0 amide bonds. The minimum atomic E-state index is -0.0683. The van der Waals surface area contributed by atoms with Crippen LogP contribution in [0.15, 0.2) is 40.9 Å². The highest BCUT2D eigenvalue weighted by Gasteiger charge is 2.16. The van der Waals surface area contributed by atoms with Gasteiger partial charge in [0.2, 0.25) is 0 Å². The first-order valence-corrected chi connectivity index (χ1v) is 7.52. The lowest BCUT2D eigenvalue weighted by atomic mass is 9.99. The van der Waals surface area contributed by atoms with E-state index in [1.54, 1.807) is 12.1 Å². The summed E-state index contributed by atoms with van der Waals surface area (Å²) in [6.45, 7) is 0. The Balaban J connectivity index is 2.52. The van der Waals surface area contributed by atoms with Gasteiger partial charge in [-0.2, -0.15) is 0 Å². The Morgan fingerprint density at radius 1 is 1.00 bits per heavy atom. The van der Waals surface area contributed by atoms with E-state index in [1.165, 1.54) is 0 Å². The molecular weight excluding hydrogens is 368 g/mol. The molecule has 0 saturated heterocycles. The highest BCUT2D eigenvalue weighted by molar-refractivity contribution is 9.10. The number of hydrogen-bond acceptors (Lipinski definition) is 1. The van der Waals surface area contributed by atoms with Crippen LogP contribution in [0.4, 0.5) is 0 Å². The van der Waals surface area contributed by atoms with Crippen LogP contribution < -0.4 is 5.32 Å². The van der Waals surface area contributed by atoms with Crippen molar-refractivity contribution in [2.45, 2.75) is 6.04 Å². The summed E-state index contributed by atoms with van der Waals surface area (Å²) in [4.78, 5) is 0. The Labute approximate surface area is 136 Å². The molecule has 1 unspecified atom stereocenters. The lowest BCUT2D eigenvalue weighted by Crippen LogP contribution is -2.18. The van der Waals surface area contributed by atoms with Crippen LogP contribution >= 0.6 is 50.7 Å². The van der Waals surface area contributed by atoms with Gasteiger partial charge in [0, 0.05) is 19.5 Å². The van der Waals surface area contributed by atoms with E-state index in [2.05, 4.69) is 21.2 Å². The summed E-state index contributed by atoms with van der Waals surface area (Å²) in [5.74, 6) is 0. The highest BCUT2D eigenvalue weighted by atomic mass is 79.9. The maximum Gasteiger partial charge on any atom is 0.0590 e. The van der Waals surface area contributed by atoms with Crippen molar-refractivity contribution in [2.24, 2.45) is 0 Å². The zero-order chi connectivity index (χ0) is 14.0. The standard InChI is InChI=1S/C14H11BrCl3N/c1-19-14(8-4-9(15)6-11(17)5-8)12-7-10(16)2-3-13(12)18/h2-7,14,19H,1H3. The van der Waals surface area contributed by atoms with E-state index >= 15 is 0 Å². The third-order valence-electron chi connectivity index (χ3n) is 2.78. The number of nitrogens with one attached hydrogen (secondary N) is 1. The molecule has 1 atom stereocenters. The smallest absolute Gasteiger partial charge is 0.0590 e. The van der Waals surface area contributed by atoms with Crippen LogP contribution in [0.2, 0.25) is 15.1 Å². The third-order valence-corrected chi connectivity index (χ3v) is 4.03. The Morgan fingerprint density at radius 3 is 2.37 bits per heavy atom. The Hall–Kier alpha value is -0.250. The maximum absolute atomic E-state index is 6.26. The van der Waals surface area contributed by atoms with Crippen LogP contribution in [0.25, 0.3) is 0 Å². The predicted molar refractivity (Wildman–Crippen MR) is 86.5 cm³/mol. The summed E-state index contributed by atoms with van der Waals surface area (Å²) in [6.07, 6.45) is 0. The summed E-state index contributed by atoms with van der Waals surface area (Å²) < 4.78 is 0.924. The van der Waals surface area contributed by atoms with Gasteiger partial charge in [-0.25, -0.2) is 0 Å². The molecule has 1 N–H and O–H groups in total. The Kier molecular flexibility index (Phi) is 5.15. The minimum Gasteiger partial charge on any atom is -0.309 e. The van der Waals surface area contributed by atoms with E-state index in [0.717, 1.165) is 15.6 Å². The van der Waals surface area contributed by atoms with Crippen molar-refractivity contribution in [1.29, 1.82) is 0 Å². The van der Waals surface area contributed by atoms with Gasteiger partial charge in [-0.3, -0.25) is 0 Å². The van der Waals surface area contributed by atoms with E-state index in [0.29, 0.717) is 15.1 Å². The zero-order valence-electron chi connectivity index (χ0n) is 10.1. The van der Waals surface area contributed by atoms with E-state index in [4.69, 9.17) is 34.8 Å². The second-order valence-electron chi connectivity index (χ2n) is 4.09. The predicted octanol–water partition coefficient (Wildman–Crippen LogP) is 5.72. The Bertz CT molecular complexity index is 581. The second kappa shape index (κ2) is 6.47. The van der Waals surface area contributed by atoms with Crippen molar-refractivity contribution in [1.82, 2.24) is 5.32 Å². The van der Waals surface area contributed by atoms with Gasteiger partial charge in [0.05, 0.1) is 6.04 Å². The van der Waals surface area contributed by atoms with E-state index in [9.17, 15) is 0 Å². The van der Waals surface area contributed by atoms with Crippen molar-refractivity contribution < 1.29 is 0 Å². The summed E-state index contributed by atoms with van der Waals surface area (Å²) in [7, 11) is 1.87. The normalized spacial score (nSPS) is 12.5. The van der Waals surface area contributed by atoms with Crippen LogP contribution in [0.1, 0.15) is 17.2 Å². The molecule has 0 spiro atoms. The van der Waals surface area contributed by atoms with Crippen LogP contribution in [0, 0.1) is 0 Å². The van der Waals surface area contributed by atoms with Crippen molar-refractivity contribution in [3.63, 3.8) is 0 Å². The van der Waals surface area contributed by atoms with E-state index in [-0.39, 0.29) is 6.04 Å². The number of hydrogen-bond donors (Lipinski definition) is 1. The average molecular weight is 380 g/mol. The molecular formula is C14H11BrCl3N. The fourth-order valence-corrected chi connectivity index (χ4v) is 3.27. The second-order valence-corrected chi connectivity index (χ2v) is 6.29. The molecule has 0 aliphatic carbocycles. The molecule has 100 valence electrons. The fourth-order valence-electron chi connectivity index (χ4n) is 1.98. The quantitative estimate of drug-likeness (QED) is 0.719. The number of benzene rings is 2. The fraction of sp³-hybridized carbons (Fsp3) is 0.143. The monoisotopic (exact) mass is 377 g/mol. The van der Waals surface area contributed by atoms with Gasteiger partial charge in [-0.15, -0.1) is 0 Å². The average Bonchev–Trinajstić information content (AvgIpc) is 2.33. The summed E-state index contributed by atoms with van der Waals surface area (Å²) in [5, 5.41) is 5.22. The van der Waals surface area contributed by atoms with Gasteiger partial charge < -0.3 is 5.32 Å². The van der Waals surface area contributed by atoms with Gasteiger partial charge in [0.1, 0.15) is 0 Å².